The summed E-state index contributed by atoms with van der Waals surface area (Å²) in [5, 5.41) is 11.3. The highest BCUT2D eigenvalue weighted by atomic mass is 16.5. The van der Waals surface area contributed by atoms with Crippen molar-refractivity contribution in [3.05, 3.63) is 41.5 Å². The molecule has 1 aromatic carbocycles. The lowest BCUT2D eigenvalue weighted by Gasteiger charge is -2.25. The van der Waals surface area contributed by atoms with Crippen molar-refractivity contribution in [1.29, 1.82) is 0 Å². The van der Waals surface area contributed by atoms with E-state index in [1.54, 1.807) is 0 Å². The van der Waals surface area contributed by atoms with E-state index < -0.39 is 0 Å². The van der Waals surface area contributed by atoms with Crippen LogP contribution >= 0.6 is 0 Å². The van der Waals surface area contributed by atoms with E-state index in [0.29, 0.717) is 13.2 Å². The van der Waals surface area contributed by atoms with Gasteiger partial charge in [0.25, 0.3) is 0 Å². The molecule has 0 aliphatic carbocycles. The van der Waals surface area contributed by atoms with E-state index in [1.165, 1.54) is 5.56 Å². The average molecular weight is 399 g/mol. The first kappa shape index (κ1) is 21.1. The van der Waals surface area contributed by atoms with Gasteiger partial charge in [0.2, 0.25) is 0 Å². The molecule has 3 rings (SSSR count). The van der Waals surface area contributed by atoms with E-state index in [1.807, 2.05) is 23.7 Å². The molecule has 1 aliphatic rings. The average Bonchev–Trinajstić information content (AvgIpc) is 3.06. The molecule has 0 saturated heterocycles. The SMILES string of the molecule is CCNC(=NCCOc1cccc(C(C)(C)C)c1)NC1CCCn2nc(C)nc21. The summed E-state index contributed by atoms with van der Waals surface area (Å²) < 4.78 is 7.94. The second-order valence-corrected chi connectivity index (χ2v) is 8.47. The summed E-state index contributed by atoms with van der Waals surface area (Å²) in [6, 6.07) is 8.44. The van der Waals surface area contributed by atoms with Gasteiger partial charge in [0.1, 0.15) is 24.0 Å². The van der Waals surface area contributed by atoms with Gasteiger partial charge in [-0.25, -0.2) is 14.7 Å². The van der Waals surface area contributed by atoms with Gasteiger partial charge in [0.05, 0.1) is 12.6 Å². The third kappa shape index (κ3) is 5.71. The zero-order chi connectivity index (χ0) is 20.9. The molecule has 1 atom stereocenters. The van der Waals surface area contributed by atoms with Gasteiger partial charge in [0, 0.05) is 13.1 Å². The van der Waals surface area contributed by atoms with Crippen molar-refractivity contribution in [1.82, 2.24) is 25.4 Å². The van der Waals surface area contributed by atoms with Crippen molar-refractivity contribution in [2.45, 2.75) is 65.5 Å². The number of ether oxygens (including phenoxy) is 1. The first-order valence-electron chi connectivity index (χ1n) is 10.6. The highest BCUT2D eigenvalue weighted by Gasteiger charge is 2.24. The third-order valence-corrected chi connectivity index (χ3v) is 4.97. The number of rotatable bonds is 6. The van der Waals surface area contributed by atoms with Crippen LogP contribution in [0.4, 0.5) is 0 Å². The highest BCUT2D eigenvalue weighted by Crippen LogP contribution is 2.25. The van der Waals surface area contributed by atoms with Crippen LogP contribution in [0.3, 0.4) is 0 Å². The minimum absolute atomic E-state index is 0.110. The van der Waals surface area contributed by atoms with Gasteiger partial charge < -0.3 is 15.4 Å². The Labute approximate surface area is 174 Å². The van der Waals surface area contributed by atoms with Crippen molar-refractivity contribution >= 4 is 5.96 Å². The number of fused-ring (bicyclic) bond motifs is 1. The Balaban J connectivity index is 1.58. The first-order chi connectivity index (χ1) is 13.9. The molecule has 2 N–H and O–H groups in total. The lowest BCUT2D eigenvalue weighted by Crippen LogP contribution is -2.41. The van der Waals surface area contributed by atoms with Crippen LogP contribution in [0.1, 0.15) is 63.8 Å². The minimum atomic E-state index is 0.110. The molecule has 2 aromatic rings. The molecule has 0 bridgehead atoms. The number of guanidine groups is 1. The maximum absolute atomic E-state index is 5.93. The van der Waals surface area contributed by atoms with Gasteiger partial charge in [0.15, 0.2) is 5.96 Å². The summed E-state index contributed by atoms with van der Waals surface area (Å²) in [6.45, 7) is 13.5. The van der Waals surface area contributed by atoms with Gasteiger partial charge in [-0.2, -0.15) is 5.10 Å². The molecule has 7 nitrogen and oxygen atoms in total. The Hall–Kier alpha value is -2.57. The Morgan fingerprint density at radius 3 is 2.93 bits per heavy atom. The van der Waals surface area contributed by atoms with Gasteiger partial charge in [-0.05, 0) is 49.8 Å². The van der Waals surface area contributed by atoms with Crippen LogP contribution in [0.25, 0.3) is 0 Å². The van der Waals surface area contributed by atoms with Crippen LogP contribution in [0.2, 0.25) is 0 Å². The van der Waals surface area contributed by atoms with Crippen LogP contribution in [0, 0.1) is 6.92 Å². The van der Waals surface area contributed by atoms with E-state index in [9.17, 15) is 0 Å². The predicted octanol–water partition coefficient (Wildman–Crippen LogP) is 3.35. The number of hydrogen-bond acceptors (Lipinski definition) is 4. The number of nitrogens with zero attached hydrogens (tertiary/aromatic N) is 4. The molecule has 0 radical (unpaired) electrons. The summed E-state index contributed by atoms with van der Waals surface area (Å²) in [6.07, 6.45) is 2.11. The Morgan fingerprint density at radius 2 is 2.17 bits per heavy atom. The summed E-state index contributed by atoms with van der Waals surface area (Å²) in [5.41, 5.74) is 1.38. The van der Waals surface area contributed by atoms with Gasteiger partial charge in [-0.3, -0.25) is 0 Å². The molecule has 7 heteroatoms. The molecule has 1 aliphatic heterocycles. The number of aliphatic imine (C=N–C) groups is 1. The molecule has 0 amide bonds. The van der Waals surface area contributed by atoms with Crippen LogP contribution in [-0.4, -0.2) is 40.4 Å². The summed E-state index contributed by atoms with van der Waals surface area (Å²) in [7, 11) is 0. The van der Waals surface area contributed by atoms with E-state index in [4.69, 9.17) is 4.74 Å². The highest BCUT2D eigenvalue weighted by molar-refractivity contribution is 5.80. The maximum Gasteiger partial charge on any atom is 0.191 e. The van der Waals surface area contributed by atoms with E-state index >= 15 is 0 Å². The smallest absolute Gasteiger partial charge is 0.191 e. The summed E-state index contributed by atoms with van der Waals surface area (Å²) >= 11 is 0. The third-order valence-electron chi connectivity index (χ3n) is 4.97. The van der Waals surface area contributed by atoms with Gasteiger partial charge in [-0.15, -0.1) is 0 Å². The molecule has 1 unspecified atom stereocenters. The largest absolute Gasteiger partial charge is 0.492 e. The van der Waals surface area contributed by atoms with Crippen molar-refractivity contribution in [2.75, 3.05) is 19.7 Å². The normalized spacial score (nSPS) is 17.0. The molecule has 0 saturated carbocycles. The lowest BCUT2D eigenvalue weighted by molar-refractivity contribution is 0.327. The van der Waals surface area contributed by atoms with Crippen molar-refractivity contribution in [2.24, 2.45) is 4.99 Å². The Bertz CT molecular complexity index is 836. The van der Waals surface area contributed by atoms with Gasteiger partial charge >= 0.3 is 0 Å². The molecular formula is C22H34N6O. The molecule has 0 spiro atoms. The number of aromatic nitrogens is 3. The quantitative estimate of drug-likeness (QED) is 0.443. The van der Waals surface area contributed by atoms with Crippen molar-refractivity contribution in [3.63, 3.8) is 0 Å². The zero-order valence-electron chi connectivity index (χ0n) is 18.3. The monoisotopic (exact) mass is 398 g/mol. The Morgan fingerprint density at radius 1 is 1.34 bits per heavy atom. The van der Waals surface area contributed by atoms with Gasteiger partial charge in [-0.1, -0.05) is 32.9 Å². The molecular weight excluding hydrogens is 364 g/mol. The molecule has 158 valence electrons. The van der Waals surface area contributed by atoms with E-state index in [0.717, 1.165) is 49.3 Å². The fourth-order valence-corrected chi connectivity index (χ4v) is 3.46. The van der Waals surface area contributed by atoms with Crippen LogP contribution in [0.15, 0.2) is 29.3 Å². The number of aryl methyl sites for hydroxylation is 2. The topological polar surface area (TPSA) is 76.4 Å². The number of hydrogen-bond donors (Lipinski definition) is 2. The fraction of sp³-hybridized carbons (Fsp3) is 0.591. The van der Waals surface area contributed by atoms with E-state index in [2.05, 4.69) is 65.5 Å². The minimum Gasteiger partial charge on any atom is -0.492 e. The fourth-order valence-electron chi connectivity index (χ4n) is 3.46. The second-order valence-electron chi connectivity index (χ2n) is 8.47. The first-order valence-corrected chi connectivity index (χ1v) is 10.6. The van der Waals surface area contributed by atoms with Crippen LogP contribution in [-0.2, 0) is 12.0 Å². The van der Waals surface area contributed by atoms with Crippen molar-refractivity contribution < 1.29 is 4.74 Å². The van der Waals surface area contributed by atoms with E-state index in [-0.39, 0.29) is 11.5 Å². The van der Waals surface area contributed by atoms with Crippen molar-refractivity contribution in [3.8, 4) is 5.75 Å². The Kier molecular flexibility index (Phi) is 6.77. The molecule has 29 heavy (non-hydrogen) atoms. The second kappa shape index (κ2) is 9.29. The van der Waals surface area contributed by atoms with Crippen LogP contribution in [0.5, 0.6) is 5.75 Å². The zero-order valence-corrected chi connectivity index (χ0v) is 18.3. The standard InChI is InChI=1S/C22H34N6O/c1-6-23-21(26-19-11-8-13-28-20(19)25-16(2)27-28)24-12-14-29-18-10-7-9-17(15-18)22(3,4)5/h7,9-10,15,19H,6,8,11-14H2,1-5H3,(H2,23,24,26). The summed E-state index contributed by atoms with van der Waals surface area (Å²) in [4.78, 5) is 9.28. The number of benzene rings is 1. The molecule has 0 fully saturated rings. The summed E-state index contributed by atoms with van der Waals surface area (Å²) in [5.74, 6) is 3.50. The molecule has 1 aromatic heterocycles. The van der Waals surface area contributed by atoms with Crippen LogP contribution < -0.4 is 15.4 Å². The predicted molar refractivity (Wildman–Crippen MR) is 116 cm³/mol. The maximum atomic E-state index is 5.93. The lowest BCUT2D eigenvalue weighted by atomic mass is 9.87. The molecule has 2 heterocycles. The number of nitrogens with one attached hydrogen (secondary N) is 2.